The van der Waals surface area contributed by atoms with Crippen LogP contribution in [0.2, 0.25) is 0 Å². The highest BCUT2D eigenvalue weighted by molar-refractivity contribution is 7.53. The van der Waals surface area contributed by atoms with Crippen LogP contribution >= 0.6 is 7.60 Å². The maximum Gasteiger partial charge on any atom is 0.375 e. The summed E-state index contributed by atoms with van der Waals surface area (Å²) in [6.07, 6.45) is 1.91. The molecule has 1 aromatic carbocycles. The summed E-state index contributed by atoms with van der Waals surface area (Å²) in [4.78, 5) is 12.7. The van der Waals surface area contributed by atoms with E-state index in [1.54, 1.807) is 44.2 Å². The monoisotopic (exact) mass is 410 g/mol. The van der Waals surface area contributed by atoms with Gasteiger partial charge in [-0.05, 0) is 32.4 Å². The van der Waals surface area contributed by atoms with Gasteiger partial charge in [-0.2, -0.15) is 0 Å². The van der Waals surface area contributed by atoms with E-state index in [1.807, 2.05) is 6.92 Å². The molecule has 0 fully saturated rings. The van der Waals surface area contributed by atoms with Crippen molar-refractivity contribution < 1.29 is 23.5 Å². The highest BCUT2D eigenvalue weighted by Crippen LogP contribution is 2.57. The molecule has 1 amide bonds. The van der Waals surface area contributed by atoms with Gasteiger partial charge in [-0.25, -0.2) is 4.68 Å². The highest BCUT2D eigenvalue weighted by Gasteiger charge is 2.40. The molecule has 0 aliphatic rings. The lowest BCUT2D eigenvalue weighted by Crippen LogP contribution is -2.34. The van der Waals surface area contributed by atoms with Gasteiger partial charge in [0.25, 0.3) is 5.91 Å². The maximum atomic E-state index is 13.4. The van der Waals surface area contributed by atoms with Crippen LogP contribution in [-0.2, 0) is 13.6 Å². The van der Waals surface area contributed by atoms with Gasteiger partial charge in [0.15, 0.2) is 0 Å². The van der Waals surface area contributed by atoms with E-state index in [9.17, 15) is 14.5 Å². The van der Waals surface area contributed by atoms with E-state index < -0.39 is 25.5 Å². The van der Waals surface area contributed by atoms with Crippen molar-refractivity contribution in [3.05, 3.63) is 47.8 Å². The summed E-state index contributed by atoms with van der Waals surface area (Å²) in [5.74, 6) is -1.69. The number of aromatic nitrogens is 3. The van der Waals surface area contributed by atoms with Crippen LogP contribution in [0.3, 0.4) is 0 Å². The highest BCUT2D eigenvalue weighted by atomic mass is 31.2. The molecule has 2 atom stereocenters. The Morgan fingerprint density at radius 3 is 2.43 bits per heavy atom. The predicted octanol–water partition coefficient (Wildman–Crippen LogP) is 3.26. The van der Waals surface area contributed by atoms with Gasteiger partial charge in [-0.1, -0.05) is 36.8 Å². The fourth-order valence-corrected chi connectivity index (χ4v) is 4.36. The largest absolute Gasteiger partial charge is 0.387 e. The number of aliphatic hydroxyl groups is 1. The lowest BCUT2D eigenvalue weighted by atomic mass is 10.2. The molecule has 0 saturated heterocycles. The number of aliphatic hydroxyl groups excluding tert-OH is 1. The Labute approximate surface area is 164 Å². The number of rotatable bonds is 11. The van der Waals surface area contributed by atoms with Gasteiger partial charge in [0.2, 0.25) is 5.91 Å². The van der Waals surface area contributed by atoms with E-state index in [2.05, 4.69) is 15.6 Å². The van der Waals surface area contributed by atoms with Crippen molar-refractivity contribution in [2.45, 2.75) is 45.6 Å². The van der Waals surface area contributed by atoms with Crippen molar-refractivity contribution >= 4 is 13.5 Å². The topological polar surface area (TPSA) is 116 Å². The number of carbonyl (C=O) groups is 1. The van der Waals surface area contributed by atoms with Crippen LogP contribution in [0.25, 0.3) is 0 Å². The quantitative estimate of drug-likeness (QED) is 0.546. The zero-order valence-electron chi connectivity index (χ0n) is 16.3. The van der Waals surface area contributed by atoms with Crippen molar-refractivity contribution in [3.63, 3.8) is 0 Å². The van der Waals surface area contributed by atoms with Gasteiger partial charge in [-0.15, -0.1) is 5.10 Å². The fraction of sp³-hybridized carbons (Fsp3) is 0.500. The minimum absolute atomic E-state index is 0.120. The van der Waals surface area contributed by atoms with Crippen LogP contribution in [0.1, 0.15) is 61.7 Å². The van der Waals surface area contributed by atoms with E-state index in [0.29, 0.717) is 17.7 Å². The molecule has 2 unspecified atom stereocenters. The second kappa shape index (κ2) is 10.5. The zero-order valence-corrected chi connectivity index (χ0v) is 17.2. The first-order chi connectivity index (χ1) is 13.4. The zero-order chi connectivity index (χ0) is 20.6. The average molecular weight is 410 g/mol. The lowest BCUT2D eigenvalue weighted by Gasteiger charge is -2.26. The van der Waals surface area contributed by atoms with E-state index in [0.717, 1.165) is 6.42 Å². The summed E-state index contributed by atoms with van der Waals surface area (Å²) in [7, 11) is -3.81. The van der Waals surface area contributed by atoms with Crippen LogP contribution < -0.4 is 5.32 Å². The Hall–Kier alpha value is -2.06. The summed E-state index contributed by atoms with van der Waals surface area (Å²) in [6, 6.07) is 8.51. The first-order valence-electron chi connectivity index (χ1n) is 9.29. The number of benzene rings is 1. The number of carbonyl (C=O) groups excluding carboxylic acids is 1. The standard InChI is InChI=1S/C18H27N4O5P/c1-4-10-16(23)15-13-22(21-20-15)18(28(25,26-5-2)27-6-3)19-17(24)14-11-8-7-9-12-14/h7-9,11-13,16,18,23H,4-6,10H2,1-3H3,(H,19,24). The minimum Gasteiger partial charge on any atom is -0.387 e. The molecule has 0 saturated carbocycles. The van der Waals surface area contributed by atoms with Crippen LogP contribution in [-0.4, -0.2) is 39.2 Å². The van der Waals surface area contributed by atoms with Crippen LogP contribution in [0, 0.1) is 0 Å². The maximum absolute atomic E-state index is 13.4. The Kier molecular flexibility index (Phi) is 8.32. The van der Waals surface area contributed by atoms with E-state index in [-0.39, 0.29) is 13.2 Å². The molecule has 2 aromatic rings. The van der Waals surface area contributed by atoms with Gasteiger partial charge in [0.05, 0.1) is 25.5 Å². The smallest absolute Gasteiger partial charge is 0.375 e. The number of nitrogens with one attached hydrogen (secondary N) is 1. The molecule has 28 heavy (non-hydrogen) atoms. The van der Waals surface area contributed by atoms with Crippen LogP contribution in [0.4, 0.5) is 0 Å². The van der Waals surface area contributed by atoms with Gasteiger partial charge >= 0.3 is 7.60 Å². The third kappa shape index (κ3) is 5.48. The molecule has 0 aliphatic carbocycles. The molecule has 2 rings (SSSR count). The second-order valence-electron chi connectivity index (χ2n) is 6.02. The molecular formula is C18H27N4O5P. The summed E-state index contributed by atoms with van der Waals surface area (Å²) in [5, 5.41) is 20.7. The summed E-state index contributed by atoms with van der Waals surface area (Å²) >= 11 is 0. The number of nitrogens with zero attached hydrogens (tertiary/aromatic N) is 3. The molecular weight excluding hydrogens is 383 g/mol. The Morgan fingerprint density at radius 1 is 1.21 bits per heavy atom. The molecule has 2 N–H and O–H groups in total. The fourth-order valence-electron chi connectivity index (χ4n) is 2.60. The first-order valence-corrected chi connectivity index (χ1v) is 10.9. The first kappa shape index (κ1) is 22.2. The van der Waals surface area contributed by atoms with Crippen LogP contribution in [0.5, 0.6) is 0 Å². The third-order valence-corrected chi connectivity index (χ3v) is 6.10. The molecule has 0 bridgehead atoms. The van der Waals surface area contributed by atoms with E-state index >= 15 is 0 Å². The van der Waals surface area contributed by atoms with Crippen LogP contribution in [0.15, 0.2) is 36.5 Å². The minimum atomic E-state index is -3.81. The average Bonchev–Trinajstić information content (AvgIpc) is 3.17. The third-order valence-electron chi connectivity index (χ3n) is 3.90. The van der Waals surface area contributed by atoms with Gasteiger partial charge in [0.1, 0.15) is 5.69 Å². The molecule has 0 radical (unpaired) electrons. The normalized spacial score (nSPS) is 13.9. The molecule has 9 nitrogen and oxygen atoms in total. The molecule has 10 heteroatoms. The summed E-state index contributed by atoms with van der Waals surface area (Å²) in [6.45, 7) is 5.54. The summed E-state index contributed by atoms with van der Waals surface area (Å²) < 4.78 is 25.4. The number of hydrogen-bond acceptors (Lipinski definition) is 7. The summed E-state index contributed by atoms with van der Waals surface area (Å²) in [5.41, 5.74) is 0.707. The number of hydrogen-bond donors (Lipinski definition) is 2. The van der Waals surface area contributed by atoms with Gasteiger partial charge in [-0.3, -0.25) is 9.36 Å². The molecule has 0 spiro atoms. The number of amides is 1. The Balaban J connectivity index is 2.38. The molecule has 154 valence electrons. The van der Waals surface area contributed by atoms with E-state index in [4.69, 9.17) is 9.05 Å². The van der Waals surface area contributed by atoms with Crippen molar-refractivity contribution in [2.24, 2.45) is 0 Å². The molecule has 1 aromatic heterocycles. The second-order valence-corrected chi connectivity index (χ2v) is 8.10. The Morgan fingerprint density at radius 2 is 1.86 bits per heavy atom. The SMILES string of the molecule is CCCC(O)c1cn(C(NC(=O)c2ccccc2)P(=O)(OCC)OCC)nn1. The molecule has 0 aliphatic heterocycles. The molecule has 1 heterocycles. The van der Waals surface area contributed by atoms with Crippen molar-refractivity contribution in [2.75, 3.05) is 13.2 Å². The Bertz CT molecular complexity index is 788. The van der Waals surface area contributed by atoms with Crippen molar-refractivity contribution in [1.82, 2.24) is 20.3 Å². The van der Waals surface area contributed by atoms with E-state index in [1.165, 1.54) is 10.9 Å². The van der Waals surface area contributed by atoms with Crippen molar-refractivity contribution in [1.29, 1.82) is 0 Å². The van der Waals surface area contributed by atoms with Gasteiger partial charge < -0.3 is 19.5 Å². The lowest BCUT2D eigenvalue weighted by molar-refractivity contribution is 0.0917. The van der Waals surface area contributed by atoms with Crippen molar-refractivity contribution in [3.8, 4) is 0 Å². The van der Waals surface area contributed by atoms with Gasteiger partial charge in [0, 0.05) is 5.56 Å². The predicted molar refractivity (Wildman–Crippen MR) is 104 cm³/mol.